The maximum absolute atomic E-state index is 12.8. The summed E-state index contributed by atoms with van der Waals surface area (Å²) in [4.78, 5) is 25.7. The lowest BCUT2D eigenvalue weighted by Crippen LogP contribution is -2.24. The van der Waals surface area contributed by atoms with Crippen molar-refractivity contribution in [2.24, 2.45) is 0 Å². The average molecular weight is 532 g/mol. The molecule has 0 radical (unpaired) electrons. The van der Waals surface area contributed by atoms with E-state index in [1.165, 1.54) is 23.5 Å². The summed E-state index contributed by atoms with van der Waals surface area (Å²) in [5.74, 6) is -1.46. The first kappa shape index (κ1) is 22.2. The number of aliphatic hydroxyl groups excluding tert-OH is 1. The Bertz CT molecular complexity index is 821. The summed E-state index contributed by atoms with van der Waals surface area (Å²) in [6.45, 7) is -0.376. The van der Waals surface area contributed by atoms with Crippen LogP contribution in [0.2, 0.25) is 0 Å². The summed E-state index contributed by atoms with van der Waals surface area (Å²) in [6.07, 6.45) is -0.389. The molecule has 8 heteroatoms. The Balaban J connectivity index is 2.17. The van der Waals surface area contributed by atoms with E-state index in [1.807, 2.05) is 48.5 Å². The Hall–Kier alpha value is -1.06. The Kier molecular flexibility index (Phi) is 9.11. The Labute approximate surface area is 182 Å². The first-order valence-corrected chi connectivity index (χ1v) is 11.1. The number of carbonyl (C=O) groups excluding carboxylic acids is 1. The van der Waals surface area contributed by atoms with Crippen molar-refractivity contribution in [3.63, 3.8) is 0 Å². The lowest BCUT2D eigenvalue weighted by Gasteiger charge is -2.14. The predicted molar refractivity (Wildman–Crippen MR) is 116 cm³/mol. The molecule has 0 heterocycles. The first-order valence-electron chi connectivity index (χ1n) is 7.79. The minimum Gasteiger partial charge on any atom is -0.481 e. The largest absolute Gasteiger partial charge is 0.481 e. The molecule has 2 aromatic carbocycles. The summed E-state index contributed by atoms with van der Waals surface area (Å²) in [7, 11) is 0. The number of carbonyl (C=O) groups is 2. The summed E-state index contributed by atoms with van der Waals surface area (Å²) in [6, 6.07) is 14.8. The molecule has 2 aromatic rings. The van der Waals surface area contributed by atoms with Crippen molar-refractivity contribution in [2.75, 3.05) is 6.61 Å². The first-order chi connectivity index (χ1) is 12.9. The van der Waals surface area contributed by atoms with Gasteiger partial charge in [-0.15, -0.1) is 11.8 Å². The summed E-state index contributed by atoms with van der Waals surface area (Å²) < 4.78 is 1.85. The molecular weight excluding hydrogens is 516 g/mol. The molecular formula is C19H16Br2O4S2. The Morgan fingerprint density at radius 3 is 1.96 bits per heavy atom. The number of ketones is 1. The Morgan fingerprint density at radius 1 is 0.963 bits per heavy atom. The van der Waals surface area contributed by atoms with Gasteiger partial charge in [0.05, 0.1) is 18.3 Å². The SMILES string of the molecule is O=C(O)C/C(=C/Sc1ccc(Br)cc1)C(=O)C(CO)Sc1ccc(Br)cc1. The molecule has 0 aliphatic carbocycles. The van der Waals surface area contributed by atoms with Crippen LogP contribution >= 0.6 is 55.4 Å². The molecule has 0 saturated carbocycles. The number of Topliss-reactive ketones (excluding diaryl/α,β-unsaturated/α-hetero) is 1. The minimum absolute atomic E-state index is 0.166. The quantitative estimate of drug-likeness (QED) is 0.334. The number of hydrogen-bond donors (Lipinski definition) is 2. The zero-order chi connectivity index (χ0) is 19.8. The van der Waals surface area contributed by atoms with Gasteiger partial charge in [0.1, 0.15) is 0 Å². The van der Waals surface area contributed by atoms with Gasteiger partial charge in [0, 0.05) is 24.3 Å². The average Bonchev–Trinajstić information content (AvgIpc) is 2.65. The number of thioether (sulfide) groups is 2. The second-order valence-electron chi connectivity index (χ2n) is 5.39. The molecule has 0 aromatic heterocycles. The molecule has 0 aliphatic heterocycles. The molecule has 0 fully saturated rings. The maximum Gasteiger partial charge on any atom is 0.307 e. The van der Waals surface area contributed by atoms with E-state index >= 15 is 0 Å². The van der Waals surface area contributed by atoms with E-state index in [1.54, 1.807) is 5.41 Å². The van der Waals surface area contributed by atoms with Crippen molar-refractivity contribution in [2.45, 2.75) is 21.5 Å². The lowest BCUT2D eigenvalue weighted by molar-refractivity contribution is -0.137. The van der Waals surface area contributed by atoms with Gasteiger partial charge < -0.3 is 10.2 Å². The van der Waals surface area contributed by atoms with E-state index in [4.69, 9.17) is 5.11 Å². The van der Waals surface area contributed by atoms with Crippen molar-refractivity contribution >= 4 is 67.1 Å². The standard InChI is InChI=1S/C19H16Br2O4S2/c20-13-1-5-15(6-2-13)26-11-12(9-18(23)24)19(25)17(10-22)27-16-7-3-14(21)4-8-16/h1-8,11,17,22H,9-10H2,(H,23,24)/b12-11-. The highest BCUT2D eigenvalue weighted by Crippen LogP contribution is 2.29. The summed E-state index contributed by atoms with van der Waals surface area (Å²) >= 11 is 9.20. The fourth-order valence-corrected chi connectivity index (χ4v) is 4.31. The number of halogens is 2. The van der Waals surface area contributed by atoms with Crippen molar-refractivity contribution in [3.8, 4) is 0 Å². The fraction of sp³-hybridized carbons (Fsp3) is 0.158. The van der Waals surface area contributed by atoms with E-state index in [9.17, 15) is 14.7 Å². The van der Waals surface area contributed by atoms with Gasteiger partial charge in [-0.25, -0.2) is 0 Å². The van der Waals surface area contributed by atoms with Crippen LogP contribution in [0.25, 0.3) is 0 Å². The van der Waals surface area contributed by atoms with E-state index in [0.29, 0.717) is 0 Å². The smallest absolute Gasteiger partial charge is 0.307 e. The number of hydrogen-bond acceptors (Lipinski definition) is 5. The number of carboxylic acids is 1. The van der Waals surface area contributed by atoms with Crippen molar-refractivity contribution in [3.05, 3.63) is 68.5 Å². The molecule has 0 amide bonds. The minimum atomic E-state index is -1.09. The second kappa shape index (κ2) is 11.1. The Morgan fingerprint density at radius 2 is 1.48 bits per heavy atom. The van der Waals surface area contributed by atoms with E-state index in [-0.39, 0.29) is 24.4 Å². The van der Waals surface area contributed by atoms with E-state index < -0.39 is 11.2 Å². The monoisotopic (exact) mass is 530 g/mol. The zero-order valence-corrected chi connectivity index (χ0v) is 18.8. The number of carboxylic acid groups (broad SMARTS) is 1. The fourth-order valence-electron chi connectivity index (χ4n) is 2.06. The van der Waals surface area contributed by atoms with Gasteiger partial charge >= 0.3 is 5.97 Å². The van der Waals surface area contributed by atoms with Gasteiger partial charge in [-0.2, -0.15) is 0 Å². The number of aliphatic hydroxyl groups is 1. The van der Waals surface area contributed by atoms with Crippen LogP contribution in [0.4, 0.5) is 0 Å². The second-order valence-corrected chi connectivity index (χ2v) is 9.44. The molecule has 0 spiro atoms. The number of benzene rings is 2. The predicted octanol–water partition coefficient (Wildman–Crippen LogP) is 5.38. The van der Waals surface area contributed by atoms with Crippen LogP contribution < -0.4 is 0 Å². The van der Waals surface area contributed by atoms with Gasteiger partial charge in [-0.3, -0.25) is 9.59 Å². The van der Waals surface area contributed by atoms with Crippen LogP contribution in [0, 0.1) is 0 Å². The van der Waals surface area contributed by atoms with Gasteiger partial charge in [0.2, 0.25) is 0 Å². The molecule has 2 rings (SSSR count). The third-order valence-corrected chi connectivity index (χ3v) is 6.56. The van der Waals surface area contributed by atoms with Crippen LogP contribution in [-0.2, 0) is 9.59 Å². The van der Waals surface area contributed by atoms with Crippen molar-refractivity contribution < 1.29 is 19.8 Å². The molecule has 27 heavy (non-hydrogen) atoms. The van der Waals surface area contributed by atoms with Gasteiger partial charge in [0.25, 0.3) is 0 Å². The van der Waals surface area contributed by atoms with Gasteiger partial charge in [0.15, 0.2) is 5.78 Å². The highest BCUT2D eigenvalue weighted by molar-refractivity contribution is 9.10. The molecule has 0 aliphatic rings. The van der Waals surface area contributed by atoms with Crippen LogP contribution in [-0.4, -0.2) is 33.8 Å². The van der Waals surface area contributed by atoms with Crippen molar-refractivity contribution in [1.29, 1.82) is 0 Å². The molecule has 0 saturated heterocycles. The van der Waals surface area contributed by atoms with Crippen LogP contribution in [0.1, 0.15) is 6.42 Å². The lowest BCUT2D eigenvalue weighted by atomic mass is 10.1. The highest BCUT2D eigenvalue weighted by atomic mass is 79.9. The summed E-state index contributed by atoms with van der Waals surface area (Å²) in [5, 5.41) is 19.6. The third kappa shape index (κ3) is 7.46. The highest BCUT2D eigenvalue weighted by Gasteiger charge is 2.24. The van der Waals surface area contributed by atoms with Crippen LogP contribution in [0.15, 0.2) is 78.2 Å². The number of rotatable bonds is 9. The van der Waals surface area contributed by atoms with Crippen LogP contribution in [0.3, 0.4) is 0 Å². The number of aliphatic carboxylic acids is 1. The maximum atomic E-state index is 12.8. The molecule has 2 N–H and O–H groups in total. The summed E-state index contributed by atoms with van der Waals surface area (Å²) in [5.41, 5.74) is 0.166. The zero-order valence-electron chi connectivity index (χ0n) is 14.0. The van der Waals surface area contributed by atoms with Crippen molar-refractivity contribution in [1.82, 2.24) is 0 Å². The molecule has 1 unspecified atom stereocenters. The molecule has 4 nitrogen and oxygen atoms in total. The third-order valence-electron chi connectivity index (χ3n) is 3.36. The van der Waals surface area contributed by atoms with E-state index in [2.05, 4.69) is 31.9 Å². The normalized spacial score (nSPS) is 12.6. The van der Waals surface area contributed by atoms with Gasteiger partial charge in [-0.1, -0.05) is 43.6 Å². The molecule has 0 bridgehead atoms. The molecule has 1 atom stereocenters. The molecule has 142 valence electrons. The van der Waals surface area contributed by atoms with E-state index in [0.717, 1.165) is 18.7 Å². The topological polar surface area (TPSA) is 74.6 Å². The van der Waals surface area contributed by atoms with Crippen LogP contribution in [0.5, 0.6) is 0 Å². The van der Waals surface area contributed by atoms with Gasteiger partial charge in [-0.05, 0) is 53.9 Å².